The molecular weight excluding hydrogens is 386 g/mol. The van der Waals surface area contributed by atoms with Crippen LogP contribution in [0.2, 0.25) is 5.02 Å². The SMILES string of the molecule is COc1ccc(-c2noc(CN3C(=O)COc4ccc(Cl)cc43)n2)c(OC)c1. The first kappa shape index (κ1) is 18.1. The van der Waals surface area contributed by atoms with Crippen molar-refractivity contribution in [3.8, 4) is 28.6 Å². The van der Waals surface area contributed by atoms with Crippen molar-refractivity contribution < 1.29 is 23.5 Å². The third-order valence-corrected chi connectivity index (χ3v) is 4.51. The molecule has 144 valence electrons. The minimum atomic E-state index is -0.225. The molecule has 0 radical (unpaired) electrons. The molecule has 2 heterocycles. The van der Waals surface area contributed by atoms with Gasteiger partial charge in [-0.2, -0.15) is 4.98 Å². The summed E-state index contributed by atoms with van der Waals surface area (Å²) in [7, 11) is 3.12. The van der Waals surface area contributed by atoms with E-state index in [2.05, 4.69) is 10.1 Å². The zero-order valence-corrected chi connectivity index (χ0v) is 15.9. The molecule has 0 atom stereocenters. The Morgan fingerprint density at radius 3 is 2.82 bits per heavy atom. The number of carbonyl (C=O) groups is 1. The highest BCUT2D eigenvalue weighted by atomic mass is 35.5. The van der Waals surface area contributed by atoms with Crippen LogP contribution in [0.1, 0.15) is 5.89 Å². The first-order valence-corrected chi connectivity index (χ1v) is 8.74. The average Bonchev–Trinajstić information content (AvgIpc) is 3.18. The van der Waals surface area contributed by atoms with Crippen molar-refractivity contribution in [1.82, 2.24) is 10.1 Å². The number of methoxy groups -OCH3 is 2. The second kappa shape index (κ2) is 7.40. The lowest BCUT2D eigenvalue weighted by molar-refractivity contribution is -0.121. The van der Waals surface area contributed by atoms with Crippen LogP contribution in [0, 0.1) is 0 Å². The van der Waals surface area contributed by atoms with E-state index in [0.29, 0.717) is 39.3 Å². The second-order valence-electron chi connectivity index (χ2n) is 5.96. The molecule has 0 saturated carbocycles. The van der Waals surface area contributed by atoms with Crippen molar-refractivity contribution in [2.45, 2.75) is 6.54 Å². The van der Waals surface area contributed by atoms with Crippen LogP contribution < -0.4 is 19.1 Å². The molecule has 0 unspecified atom stereocenters. The highest BCUT2D eigenvalue weighted by molar-refractivity contribution is 6.31. The topological polar surface area (TPSA) is 86.9 Å². The van der Waals surface area contributed by atoms with Crippen LogP contribution in [0.4, 0.5) is 5.69 Å². The smallest absolute Gasteiger partial charge is 0.265 e. The Morgan fingerprint density at radius 2 is 2.04 bits per heavy atom. The number of hydrogen-bond acceptors (Lipinski definition) is 7. The summed E-state index contributed by atoms with van der Waals surface area (Å²) in [5, 5.41) is 4.51. The first-order chi connectivity index (χ1) is 13.6. The molecule has 4 rings (SSSR count). The average molecular weight is 402 g/mol. The minimum Gasteiger partial charge on any atom is -0.497 e. The number of halogens is 1. The molecule has 1 aliphatic rings. The molecule has 0 N–H and O–H groups in total. The molecule has 9 heteroatoms. The lowest BCUT2D eigenvalue weighted by Crippen LogP contribution is -2.38. The number of nitrogens with zero attached hydrogens (tertiary/aromatic N) is 3. The van der Waals surface area contributed by atoms with Gasteiger partial charge in [0.25, 0.3) is 5.91 Å². The molecular formula is C19H16ClN3O5. The van der Waals surface area contributed by atoms with Gasteiger partial charge in [-0.3, -0.25) is 9.69 Å². The summed E-state index contributed by atoms with van der Waals surface area (Å²) in [5.41, 5.74) is 1.21. The summed E-state index contributed by atoms with van der Waals surface area (Å²) < 4.78 is 21.4. The molecule has 0 bridgehead atoms. The van der Waals surface area contributed by atoms with E-state index in [9.17, 15) is 4.79 Å². The fourth-order valence-corrected chi connectivity index (χ4v) is 3.06. The molecule has 1 aromatic heterocycles. The Morgan fingerprint density at radius 1 is 1.18 bits per heavy atom. The highest BCUT2D eigenvalue weighted by Crippen LogP contribution is 2.36. The number of aromatic nitrogens is 2. The molecule has 8 nitrogen and oxygen atoms in total. The van der Waals surface area contributed by atoms with Gasteiger partial charge in [-0.25, -0.2) is 0 Å². The predicted molar refractivity (Wildman–Crippen MR) is 101 cm³/mol. The van der Waals surface area contributed by atoms with Crippen LogP contribution in [-0.4, -0.2) is 36.9 Å². The molecule has 28 heavy (non-hydrogen) atoms. The van der Waals surface area contributed by atoms with Gasteiger partial charge in [0.2, 0.25) is 11.7 Å². The van der Waals surface area contributed by atoms with Crippen LogP contribution in [-0.2, 0) is 11.3 Å². The quantitative estimate of drug-likeness (QED) is 0.648. The number of rotatable bonds is 5. The van der Waals surface area contributed by atoms with Crippen LogP contribution in [0.15, 0.2) is 40.9 Å². The van der Waals surface area contributed by atoms with E-state index in [1.165, 1.54) is 4.90 Å². The van der Waals surface area contributed by atoms with Gasteiger partial charge in [-0.15, -0.1) is 0 Å². The first-order valence-electron chi connectivity index (χ1n) is 8.36. The Labute approximate surface area is 165 Å². The summed E-state index contributed by atoms with van der Waals surface area (Å²) in [6.07, 6.45) is 0. The molecule has 1 aliphatic heterocycles. The molecule has 0 spiro atoms. The van der Waals surface area contributed by atoms with E-state index in [0.717, 1.165) is 0 Å². The highest BCUT2D eigenvalue weighted by Gasteiger charge is 2.28. The summed E-state index contributed by atoms with van der Waals surface area (Å²) in [5.74, 6) is 2.16. The summed E-state index contributed by atoms with van der Waals surface area (Å²) in [6.45, 7) is 0.0307. The van der Waals surface area contributed by atoms with Crippen molar-refractivity contribution in [2.24, 2.45) is 0 Å². The lowest BCUT2D eigenvalue weighted by Gasteiger charge is -2.28. The minimum absolute atomic E-state index is 0.0675. The van der Waals surface area contributed by atoms with Crippen LogP contribution in [0.3, 0.4) is 0 Å². The van der Waals surface area contributed by atoms with Crippen molar-refractivity contribution >= 4 is 23.2 Å². The van der Waals surface area contributed by atoms with E-state index in [1.807, 2.05) is 0 Å². The monoisotopic (exact) mass is 401 g/mol. The molecule has 1 amide bonds. The van der Waals surface area contributed by atoms with Crippen molar-refractivity contribution in [3.63, 3.8) is 0 Å². The van der Waals surface area contributed by atoms with Crippen molar-refractivity contribution in [3.05, 3.63) is 47.3 Å². The predicted octanol–water partition coefficient (Wildman–Crippen LogP) is 3.33. The number of hydrogen-bond donors (Lipinski definition) is 0. The maximum Gasteiger partial charge on any atom is 0.265 e. The Bertz CT molecular complexity index is 1040. The van der Waals surface area contributed by atoms with Crippen molar-refractivity contribution in [1.29, 1.82) is 0 Å². The van der Waals surface area contributed by atoms with Crippen molar-refractivity contribution in [2.75, 3.05) is 25.7 Å². The Balaban J connectivity index is 1.63. The van der Waals surface area contributed by atoms with E-state index < -0.39 is 0 Å². The molecule has 0 saturated heterocycles. The number of ether oxygens (including phenoxy) is 3. The largest absolute Gasteiger partial charge is 0.497 e. The zero-order valence-electron chi connectivity index (χ0n) is 15.1. The Hall–Kier alpha value is -3.26. The number of fused-ring (bicyclic) bond motifs is 1. The standard InChI is InChI=1S/C19H16ClN3O5/c1-25-12-4-5-13(16(8-12)26-2)19-21-17(28-22-19)9-23-14-7-11(20)3-6-15(14)27-10-18(23)24/h3-8H,9-10H2,1-2H3. The number of carbonyl (C=O) groups excluding carboxylic acids is 1. The third kappa shape index (κ3) is 3.34. The maximum absolute atomic E-state index is 12.4. The molecule has 2 aromatic carbocycles. The van der Waals surface area contributed by atoms with Crippen LogP contribution in [0.25, 0.3) is 11.4 Å². The van der Waals surface area contributed by atoms with Gasteiger partial charge >= 0.3 is 0 Å². The van der Waals surface area contributed by atoms with Gasteiger partial charge in [0.1, 0.15) is 23.8 Å². The fourth-order valence-electron chi connectivity index (χ4n) is 2.90. The fraction of sp³-hybridized carbons (Fsp3) is 0.211. The van der Waals surface area contributed by atoms with Gasteiger partial charge in [-0.1, -0.05) is 16.8 Å². The molecule has 0 fully saturated rings. The Kier molecular flexibility index (Phi) is 4.79. The van der Waals surface area contributed by atoms with E-state index in [4.69, 9.17) is 30.3 Å². The van der Waals surface area contributed by atoms with Gasteiger partial charge in [-0.05, 0) is 30.3 Å². The number of anilines is 1. The van der Waals surface area contributed by atoms with Gasteiger partial charge < -0.3 is 18.7 Å². The number of amides is 1. The number of benzene rings is 2. The van der Waals surface area contributed by atoms with Gasteiger partial charge in [0, 0.05) is 11.1 Å². The molecule has 0 aliphatic carbocycles. The van der Waals surface area contributed by atoms with Crippen LogP contribution >= 0.6 is 11.6 Å². The normalized spacial score (nSPS) is 13.1. The van der Waals surface area contributed by atoms with E-state index >= 15 is 0 Å². The third-order valence-electron chi connectivity index (χ3n) is 4.28. The van der Waals surface area contributed by atoms with E-state index in [1.54, 1.807) is 50.6 Å². The zero-order chi connectivity index (χ0) is 19.7. The lowest BCUT2D eigenvalue weighted by atomic mass is 10.2. The van der Waals surface area contributed by atoms with Crippen LogP contribution in [0.5, 0.6) is 17.2 Å². The summed E-state index contributed by atoms with van der Waals surface area (Å²) >= 11 is 6.07. The summed E-state index contributed by atoms with van der Waals surface area (Å²) in [4.78, 5) is 18.3. The van der Waals surface area contributed by atoms with Gasteiger partial charge in [0.15, 0.2) is 6.61 Å². The summed E-state index contributed by atoms with van der Waals surface area (Å²) in [6, 6.07) is 10.4. The molecule has 3 aromatic rings. The second-order valence-corrected chi connectivity index (χ2v) is 6.39. The maximum atomic E-state index is 12.4. The van der Waals surface area contributed by atoms with E-state index in [-0.39, 0.29) is 24.9 Å². The van der Waals surface area contributed by atoms with Gasteiger partial charge in [0.05, 0.1) is 25.5 Å².